The lowest BCUT2D eigenvalue weighted by molar-refractivity contribution is -0.123. The summed E-state index contributed by atoms with van der Waals surface area (Å²) < 4.78 is 0. The first kappa shape index (κ1) is 13.4. The first-order valence-electron chi connectivity index (χ1n) is 4.97. The lowest BCUT2D eigenvalue weighted by atomic mass is 9.99. The second kappa shape index (κ2) is 4.75. The summed E-state index contributed by atoms with van der Waals surface area (Å²) in [5, 5.41) is 0. The van der Waals surface area contributed by atoms with Crippen LogP contribution < -0.4 is 11.5 Å². The van der Waals surface area contributed by atoms with Gasteiger partial charge in [-0.05, 0) is 26.8 Å². The Morgan fingerprint density at radius 1 is 1.43 bits per heavy atom. The normalized spacial score (nSPS) is 18.3. The molecule has 0 saturated heterocycles. The molecule has 0 aromatic carbocycles. The van der Waals surface area contributed by atoms with Crippen molar-refractivity contribution in [2.45, 2.75) is 39.3 Å². The minimum Gasteiger partial charge on any atom is -0.368 e. The highest BCUT2D eigenvalue weighted by atomic mass is 16.1. The summed E-state index contributed by atoms with van der Waals surface area (Å²) in [5.74, 6) is 0.0731. The maximum Gasteiger partial charge on any atom is 0.238 e. The Kier molecular flexibility index (Phi) is 4.55. The molecule has 84 valence electrons. The van der Waals surface area contributed by atoms with Gasteiger partial charge in [0.25, 0.3) is 0 Å². The molecule has 1 amide bonds. The first-order chi connectivity index (χ1) is 6.18. The molecule has 0 aliphatic rings. The van der Waals surface area contributed by atoms with E-state index in [1.54, 1.807) is 6.92 Å². The van der Waals surface area contributed by atoms with E-state index in [0.29, 0.717) is 18.5 Å². The number of amides is 1. The molecule has 0 rings (SSSR count). The summed E-state index contributed by atoms with van der Waals surface area (Å²) in [4.78, 5) is 13.1. The van der Waals surface area contributed by atoms with Gasteiger partial charge < -0.3 is 16.4 Å². The van der Waals surface area contributed by atoms with Crippen molar-refractivity contribution in [2.24, 2.45) is 17.4 Å². The predicted molar refractivity (Wildman–Crippen MR) is 58.7 cm³/mol. The Hall–Kier alpha value is -0.610. The summed E-state index contributed by atoms with van der Waals surface area (Å²) in [6.07, 6.45) is 0. The van der Waals surface area contributed by atoms with E-state index >= 15 is 0 Å². The van der Waals surface area contributed by atoms with Crippen LogP contribution in [0.2, 0.25) is 0 Å². The van der Waals surface area contributed by atoms with Gasteiger partial charge >= 0.3 is 0 Å². The van der Waals surface area contributed by atoms with Gasteiger partial charge in [0.15, 0.2) is 0 Å². The zero-order valence-electron chi connectivity index (χ0n) is 9.87. The molecular weight excluding hydrogens is 178 g/mol. The van der Waals surface area contributed by atoms with Gasteiger partial charge in [-0.3, -0.25) is 4.79 Å². The fourth-order valence-electron chi connectivity index (χ4n) is 1.25. The third-order valence-corrected chi connectivity index (χ3v) is 2.80. The third kappa shape index (κ3) is 3.64. The van der Waals surface area contributed by atoms with Crippen molar-refractivity contribution in [3.05, 3.63) is 0 Å². The smallest absolute Gasteiger partial charge is 0.238 e. The summed E-state index contributed by atoms with van der Waals surface area (Å²) in [7, 11) is 1.96. The molecule has 0 heterocycles. The predicted octanol–water partition coefficient (Wildman–Crippen LogP) is 0.165. The van der Waals surface area contributed by atoms with E-state index < -0.39 is 11.4 Å². The van der Waals surface area contributed by atoms with E-state index in [2.05, 4.69) is 25.7 Å². The van der Waals surface area contributed by atoms with Gasteiger partial charge in [-0.15, -0.1) is 0 Å². The Morgan fingerprint density at radius 2 is 1.86 bits per heavy atom. The molecule has 0 bridgehead atoms. The van der Waals surface area contributed by atoms with Crippen LogP contribution in [0.4, 0.5) is 0 Å². The molecule has 2 atom stereocenters. The summed E-state index contributed by atoms with van der Waals surface area (Å²) in [6.45, 7) is 8.54. The van der Waals surface area contributed by atoms with Crippen LogP contribution in [-0.2, 0) is 4.79 Å². The van der Waals surface area contributed by atoms with Crippen molar-refractivity contribution in [3.63, 3.8) is 0 Å². The largest absolute Gasteiger partial charge is 0.368 e. The molecule has 0 fully saturated rings. The van der Waals surface area contributed by atoms with Gasteiger partial charge in [0, 0.05) is 12.6 Å². The molecule has 0 aliphatic carbocycles. The van der Waals surface area contributed by atoms with E-state index in [1.807, 2.05) is 7.05 Å². The minimum absolute atomic E-state index is 0.386. The zero-order chi connectivity index (χ0) is 11.5. The molecule has 4 nitrogen and oxygen atoms in total. The minimum atomic E-state index is -0.947. The standard InChI is InChI=1S/C10H23N3O/c1-7(2)8(3)13(5)6-10(4,12)9(11)14/h7-8H,6,12H2,1-5H3,(H2,11,14). The van der Waals surface area contributed by atoms with Crippen LogP contribution in [0.3, 0.4) is 0 Å². The Labute approximate surface area is 86.6 Å². The maximum atomic E-state index is 11.0. The molecule has 0 aromatic heterocycles. The zero-order valence-corrected chi connectivity index (χ0v) is 9.87. The van der Waals surface area contributed by atoms with Gasteiger partial charge in [0.05, 0.1) is 0 Å². The van der Waals surface area contributed by atoms with Crippen molar-refractivity contribution >= 4 is 5.91 Å². The highest BCUT2D eigenvalue weighted by Gasteiger charge is 2.29. The van der Waals surface area contributed by atoms with Crippen LogP contribution in [0.1, 0.15) is 27.7 Å². The second-order valence-electron chi connectivity index (χ2n) is 4.68. The monoisotopic (exact) mass is 201 g/mol. The maximum absolute atomic E-state index is 11.0. The van der Waals surface area contributed by atoms with Crippen molar-refractivity contribution in [2.75, 3.05) is 13.6 Å². The Morgan fingerprint density at radius 3 is 2.14 bits per heavy atom. The molecule has 4 heteroatoms. The molecule has 0 aromatic rings. The van der Waals surface area contributed by atoms with Crippen molar-refractivity contribution in [1.29, 1.82) is 0 Å². The number of carbonyl (C=O) groups excluding carboxylic acids is 1. The highest BCUT2D eigenvalue weighted by molar-refractivity contribution is 5.84. The second-order valence-corrected chi connectivity index (χ2v) is 4.68. The lowest BCUT2D eigenvalue weighted by Gasteiger charge is -2.33. The van der Waals surface area contributed by atoms with E-state index in [9.17, 15) is 4.79 Å². The average molecular weight is 201 g/mol. The van der Waals surface area contributed by atoms with Crippen LogP contribution in [0.15, 0.2) is 0 Å². The van der Waals surface area contributed by atoms with E-state index in [0.717, 1.165) is 0 Å². The van der Waals surface area contributed by atoms with E-state index in [-0.39, 0.29) is 0 Å². The molecule has 4 N–H and O–H groups in total. The summed E-state index contributed by atoms with van der Waals surface area (Å²) >= 11 is 0. The van der Waals surface area contributed by atoms with Crippen LogP contribution >= 0.6 is 0 Å². The van der Waals surface area contributed by atoms with Crippen molar-refractivity contribution in [3.8, 4) is 0 Å². The number of hydrogen-bond acceptors (Lipinski definition) is 3. The fraction of sp³-hybridized carbons (Fsp3) is 0.900. The van der Waals surface area contributed by atoms with Crippen molar-refractivity contribution in [1.82, 2.24) is 4.90 Å². The number of likely N-dealkylation sites (N-methyl/N-ethyl adjacent to an activating group) is 1. The Balaban J connectivity index is 4.31. The average Bonchev–Trinajstić information content (AvgIpc) is 2.01. The highest BCUT2D eigenvalue weighted by Crippen LogP contribution is 2.11. The number of primary amides is 1. The topological polar surface area (TPSA) is 72.3 Å². The lowest BCUT2D eigenvalue weighted by Crippen LogP contribution is -2.57. The SMILES string of the molecule is CC(C)C(C)N(C)CC(C)(N)C(N)=O. The number of hydrogen-bond donors (Lipinski definition) is 2. The fourth-order valence-corrected chi connectivity index (χ4v) is 1.25. The molecule has 0 radical (unpaired) electrons. The molecule has 0 saturated carbocycles. The number of rotatable bonds is 5. The number of carbonyl (C=O) groups is 1. The Bertz CT molecular complexity index is 202. The number of nitrogens with zero attached hydrogens (tertiary/aromatic N) is 1. The van der Waals surface area contributed by atoms with Gasteiger partial charge in [0.2, 0.25) is 5.91 Å². The van der Waals surface area contributed by atoms with Gasteiger partial charge in [-0.2, -0.15) is 0 Å². The third-order valence-electron chi connectivity index (χ3n) is 2.80. The molecule has 2 unspecified atom stereocenters. The van der Waals surface area contributed by atoms with Gasteiger partial charge in [-0.25, -0.2) is 0 Å². The summed E-state index contributed by atoms with van der Waals surface area (Å²) in [6, 6.07) is 0.386. The van der Waals surface area contributed by atoms with Crippen LogP contribution in [0.5, 0.6) is 0 Å². The number of nitrogens with two attached hydrogens (primary N) is 2. The van der Waals surface area contributed by atoms with Crippen LogP contribution in [0, 0.1) is 5.92 Å². The van der Waals surface area contributed by atoms with E-state index in [1.165, 1.54) is 0 Å². The van der Waals surface area contributed by atoms with Crippen LogP contribution in [-0.4, -0.2) is 36.0 Å². The molecule has 0 spiro atoms. The van der Waals surface area contributed by atoms with Gasteiger partial charge in [-0.1, -0.05) is 13.8 Å². The molecular formula is C10H23N3O. The van der Waals surface area contributed by atoms with Gasteiger partial charge in [0.1, 0.15) is 5.54 Å². The quantitative estimate of drug-likeness (QED) is 0.666. The van der Waals surface area contributed by atoms with Crippen LogP contribution in [0.25, 0.3) is 0 Å². The summed E-state index contributed by atoms with van der Waals surface area (Å²) in [5.41, 5.74) is 10.0. The molecule has 0 aliphatic heterocycles. The first-order valence-corrected chi connectivity index (χ1v) is 4.97. The van der Waals surface area contributed by atoms with E-state index in [4.69, 9.17) is 11.5 Å². The van der Waals surface area contributed by atoms with Crippen molar-refractivity contribution < 1.29 is 4.79 Å². The molecule has 14 heavy (non-hydrogen) atoms.